The Morgan fingerprint density at radius 1 is 0.893 bits per heavy atom. The van der Waals surface area contributed by atoms with Crippen LogP contribution in [0.2, 0.25) is 0 Å². The van der Waals surface area contributed by atoms with Crippen LogP contribution in [0.25, 0.3) is 0 Å². The lowest BCUT2D eigenvalue weighted by Crippen LogP contribution is -2.35. The van der Waals surface area contributed by atoms with Gasteiger partial charge >= 0.3 is 0 Å². The molecule has 8 heteroatoms. The molecule has 0 bridgehead atoms. The average Bonchev–Trinajstić information content (AvgIpc) is 2.69. The summed E-state index contributed by atoms with van der Waals surface area (Å²) in [5.41, 5.74) is 1.41. The fraction of sp³-hybridized carbons (Fsp3) is 0.300. The van der Waals surface area contributed by atoms with E-state index < -0.39 is 10.0 Å². The molecule has 0 saturated carbocycles. The second-order valence-corrected chi connectivity index (χ2v) is 8.64. The molecule has 1 aliphatic rings. The predicted molar refractivity (Wildman–Crippen MR) is 108 cm³/mol. The van der Waals surface area contributed by atoms with Gasteiger partial charge < -0.3 is 10.6 Å². The van der Waals surface area contributed by atoms with Crippen LogP contribution >= 0.6 is 0 Å². The Morgan fingerprint density at radius 2 is 1.57 bits per heavy atom. The third-order valence-corrected chi connectivity index (χ3v) is 6.41. The predicted octanol–water partition coefficient (Wildman–Crippen LogP) is 3.07. The lowest BCUT2D eigenvalue weighted by Gasteiger charge is -2.26. The van der Waals surface area contributed by atoms with Crippen molar-refractivity contribution in [1.82, 2.24) is 4.31 Å². The van der Waals surface area contributed by atoms with E-state index in [-0.39, 0.29) is 16.7 Å². The van der Waals surface area contributed by atoms with Crippen LogP contribution in [0.3, 0.4) is 0 Å². The van der Waals surface area contributed by atoms with E-state index in [0.29, 0.717) is 30.0 Å². The molecule has 0 radical (unpaired) electrons. The second kappa shape index (κ2) is 8.53. The number of hydrogen-bond acceptors (Lipinski definition) is 4. The zero-order valence-electron chi connectivity index (χ0n) is 15.6. The Bertz CT molecular complexity index is 965. The van der Waals surface area contributed by atoms with Gasteiger partial charge in [-0.3, -0.25) is 9.59 Å². The number of hydrogen-bond donors (Lipinski definition) is 2. The highest BCUT2D eigenvalue weighted by molar-refractivity contribution is 7.89. The molecular formula is C20H23N3O4S. The maximum atomic E-state index is 12.8. The highest BCUT2D eigenvalue weighted by atomic mass is 32.2. The van der Waals surface area contributed by atoms with E-state index in [1.54, 1.807) is 42.5 Å². The molecule has 1 aliphatic heterocycles. The van der Waals surface area contributed by atoms with Crippen molar-refractivity contribution in [2.75, 3.05) is 23.7 Å². The molecule has 3 rings (SSSR count). The van der Waals surface area contributed by atoms with Crippen molar-refractivity contribution in [3.05, 3.63) is 54.1 Å². The van der Waals surface area contributed by atoms with Crippen LogP contribution in [-0.2, 0) is 14.8 Å². The van der Waals surface area contributed by atoms with Gasteiger partial charge in [0.2, 0.25) is 15.9 Å². The molecule has 148 valence electrons. The molecule has 7 nitrogen and oxygen atoms in total. The molecular weight excluding hydrogens is 378 g/mol. The van der Waals surface area contributed by atoms with Gasteiger partial charge in [-0.1, -0.05) is 12.5 Å². The number of piperidine rings is 1. The van der Waals surface area contributed by atoms with Gasteiger partial charge in [0.05, 0.1) is 4.90 Å². The van der Waals surface area contributed by atoms with Crippen LogP contribution in [-0.4, -0.2) is 37.6 Å². The van der Waals surface area contributed by atoms with E-state index in [1.165, 1.54) is 17.3 Å². The number of sulfonamides is 1. The third-order valence-electron chi connectivity index (χ3n) is 4.51. The summed E-state index contributed by atoms with van der Waals surface area (Å²) in [6.07, 6.45) is 2.77. The number of benzene rings is 2. The highest BCUT2D eigenvalue weighted by Crippen LogP contribution is 2.23. The molecule has 0 spiro atoms. The number of carbonyl (C=O) groups excluding carboxylic acids is 2. The first-order chi connectivity index (χ1) is 13.4. The summed E-state index contributed by atoms with van der Waals surface area (Å²) >= 11 is 0. The van der Waals surface area contributed by atoms with Gasteiger partial charge in [0.1, 0.15) is 0 Å². The van der Waals surface area contributed by atoms with Gasteiger partial charge in [-0.25, -0.2) is 8.42 Å². The first-order valence-corrected chi connectivity index (χ1v) is 10.6. The fourth-order valence-electron chi connectivity index (χ4n) is 3.10. The minimum absolute atomic E-state index is 0.174. The Kier molecular flexibility index (Phi) is 6.11. The first kappa shape index (κ1) is 20.0. The van der Waals surface area contributed by atoms with Crippen molar-refractivity contribution in [3.8, 4) is 0 Å². The largest absolute Gasteiger partial charge is 0.326 e. The van der Waals surface area contributed by atoms with Crippen molar-refractivity contribution in [2.45, 2.75) is 31.1 Å². The van der Waals surface area contributed by atoms with Crippen molar-refractivity contribution in [3.63, 3.8) is 0 Å². The average molecular weight is 401 g/mol. The molecule has 2 aromatic carbocycles. The lowest BCUT2D eigenvalue weighted by molar-refractivity contribution is -0.114. The van der Waals surface area contributed by atoms with Gasteiger partial charge in [-0.2, -0.15) is 4.31 Å². The van der Waals surface area contributed by atoms with Crippen molar-refractivity contribution in [1.29, 1.82) is 0 Å². The Balaban J connectivity index is 1.73. The normalized spacial score (nSPS) is 15.0. The van der Waals surface area contributed by atoms with Crippen LogP contribution in [0.15, 0.2) is 53.4 Å². The Labute approximate surface area is 164 Å². The third kappa shape index (κ3) is 4.76. The topological polar surface area (TPSA) is 95.6 Å². The van der Waals surface area contributed by atoms with Crippen LogP contribution in [0, 0.1) is 0 Å². The van der Waals surface area contributed by atoms with Gasteiger partial charge in [-0.05, 0) is 55.3 Å². The Morgan fingerprint density at radius 3 is 2.21 bits per heavy atom. The lowest BCUT2D eigenvalue weighted by atomic mass is 10.2. The minimum atomic E-state index is -3.56. The van der Waals surface area contributed by atoms with E-state index in [2.05, 4.69) is 10.6 Å². The van der Waals surface area contributed by atoms with E-state index in [1.807, 2.05) is 0 Å². The zero-order valence-corrected chi connectivity index (χ0v) is 16.5. The summed E-state index contributed by atoms with van der Waals surface area (Å²) in [5.74, 6) is -0.550. The Hall–Kier alpha value is -2.71. The zero-order chi connectivity index (χ0) is 20.1. The number of amides is 2. The minimum Gasteiger partial charge on any atom is -0.326 e. The second-order valence-electron chi connectivity index (χ2n) is 6.71. The highest BCUT2D eigenvalue weighted by Gasteiger charge is 2.26. The van der Waals surface area contributed by atoms with Crippen LogP contribution < -0.4 is 10.6 Å². The molecule has 1 heterocycles. The standard InChI is InChI=1S/C20H23N3O4S/c1-15(24)21-17-10-8-16(9-11-17)20(25)22-18-6-5-7-19(14-18)28(26,27)23-12-3-2-4-13-23/h5-11,14H,2-4,12-13H2,1H3,(H,21,24)(H,22,25). The van der Waals surface area contributed by atoms with Gasteiger partial charge in [0, 0.05) is 37.0 Å². The number of carbonyl (C=O) groups is 2. The summed E-state index contributed by atoms with van der Waals surface area (Å²) in [6.45, 7) is 2.46. The molecule has 1 saturated heterocycles. The molecule has 0 unspecified atom stereocenters. The summed E-state index contributed by atoms with van der Waals surface area (Å²) in [6, 6.07) is 12.7. The summed E-state index contributed by atoms with van der Waals surface area (Å²) in [7, 11) is -3.56. The summed E-state index contributed by atoms with van der Waals surface area (Å²) < 4.78 is 27.1. The van der Waals surface area contributed by atoms with Gasteiger partial charge in [0.25, 0.3) is 5.91 Å². The molecule has 0 aromatic heterocycles. The maximum absolute atomic E-state index is 12.8. The van der Waals surface area contributed by atoms with E-state index >= 15 is 0 Å². The molecule has 0 aliphatic carbocycles. The van der Waals surface area contributed by atoms with Crippen LogP contribution in [0.1, 0.15) is 36.5 Å². The van der Waals surface area contributed by atoms with Crippen molar-refractivity contribution < 1.29 is 18.0 Å². The summed E-state index contributed by atoms with van der Waals surface area (Å²) in [5, 5.41) is 5.36. The number of anilines is 2. The number of rotatable bonds is 5. The molecule has 2 amide bonds. The molecule has 1 fully saturated rings. The number of nitrogens with zero attached hydrogens (tertiary/aromatic N) is 1. The molecule has 2 aromatic rings. The maximum Gasteiger partial charge on any atom is 0.255 e. The SMILES string of the molecule is CC(=O)Nc1ccc(C(=O)Nc2cccc(S(=O)(=O)N3CCCCC3)c2)cc1. The fourth-order valence-corrected chi connectivity index (χ4v) is 4.66. The summed E-state index contributed by atoms with van der Waals surface area (Å²) in [4.78, 5) is 23.7. The van der Waals surface area contributed by atoms with Gasteiger partial charge in [0.15, 0.2) is 0 Å². The molecule has 28 heavy (non-hydrogen) atoms. The van der Waals surface area contributed by atoms with Crippen LogP contribution in [0.5, 0.6) is 0 Å². The van der Waals surface area contributed by atoms with Crippen molar-refractivity contribution >= 4 is 33.2 Å². The number of nitrogens with one attached hydrogen (secondary N) is 2. The van der Waals surface area contributed by atoms with Crippen LogP contribution in [0.4, 0.5) is 11.4 Å². The van der Waals surface area contributed by atoms with E-state index in [9.17, 15) is 18.0 Å². The van der Waals surface area contributed by atoms with Crippen molar-refractivity contribution in [2.24, 2.45) is 0 Å². The van der Waals surface area contributed by atoms with Gasteiger partial charge in [-0.15, -0.1) is 0 Å². The smallest absolute Gasteiger partial charge is 0.255 e. The van der Waals surface area contributed by atoms with E-state index in [0.717, 1.165) is 19.3 Å². The van der Waals surface area contributed by atoms with E-state index in [4.69, 9.17) is 0 Å². The monoisotopic (exact) mass is 401 g/mol. The molecule has 2 N–H and O–H groups in total. The molecule has 0 atom stereocenters. The first-order valence-electron chi connectivity index (χ1n) is 9.15. The quantitative estimate of drug-likeness (QED) is 0.805.